The van der Waals surface area contributed by atoms with Gasteiger partial charge in [-0.05, 0) is 23.4 Å². The summed E-state index contributed by atoms with van der Waals surface area (Å²) in [6.45, 7) is 2.07. The summed E-state index contributed by atoms with van der Waals surface area (Å²) < 4.78 is 13.9. The van der Waals surface area contributed by atoms with Crippen molar-refractivity contribution in [1.29, 1.82) is 0 Å². The number of hydrogen-bond donors (Lipinski definition) is 0. The molecule has 0 atom stereocenters. The SMILES string of the molecule is CCSC(=S)c1c2cc(F)cc1SC2. The smallest absolute Gasteiger partial charge is 0.124 e. The molecule has 1 aromatic rings. The van der Waals surface area contributed by atoms with Gasteiger partial charge in [0.15, 0.2) is 0 Å². The Morgan fingerprint density at radius 2 is 2.43 bits per heavy atom. The van der Waals surface area contributed by atoms with Gasteiger partial charge in [0, 0.05) is 16.2 Å². The molecule has 0 unspecified atom stereocenters. The molecule has 0 radical (unpaired) electrons. The van der Waals surface area contributed by atoms with Crippen LogP contribution in [0.3, 0.4) is 0 Å². The maximum Gasteiger partial charge on any atom is 0.124 e. The molecule has 14 heavy (non-hydrogen) atoms. The van der Waals surface area contributed by atoms with Gasteiger partial charge in [0.2, 0.25) is 0 Å². The van der Waals surface area contributed by atoms with Crippen LogP contribution >= 0.6 is 35.7 Å². The van der Waals surface area contributed by atoms with Crippen molar-refractivity contribution in [3.05, 3.63) is 29.1 Å². The number of hydrogen-bond acceptors (Lipinski definition) is 3. The number of fused-ring (bicyclic) bond motifs is 2. The van der Waals surface area contributed by atoms with Crippen molar-refractivity contribution in [2.75, 3.05) is 5.75 Å². The Morgan fingerprint density at radius 1 is 1.64 bits per heavy atom. The third-order valence-corrected chi connectivity index (χ3v) is 4.41. The van der Waals surface area contributed by atoms with Crippen molar-refractivity contribution in [2.45, 2.75) is 17.6 Å². The molecule has 2 bridgehead atoms. The monoisotopic (exact) mass is 244 g/mol. The average molecular weight is 244 g/mol. The number of thiocarbonyl (C=S) groups is 1. The zero-order chi connectivity index (χ0) is 10.1. The first-order valence-electron chi connectivity index (χ1n) is 4.34. The molecule has 0 nitrogen and oxygen atoms in total. The second-order valence-corrected chi connectivity index (χ2v) is 5.91. The Morgan fingerprint density at radius 3 is 3.07 bits per heavy atom. The van der Waals surface area contributed by atoms with Gasteiger partial charge in [0.25, 0.3) is 0 Å². The first kappa shape index (κ1) is 10.5. The third-order valence-electron chi connectivity index (χ3n) is 2.01. The lowest BCUT2D eigenvalue weighted by molar-refractivity contribution is 0.623. The molecule has 2 rings (SSSR count). The molecule has 0 aromatic heterocycles. The summed E-state index contributed by atoms with van der Waals surface area (Å²) in [5, 5.41) is 0. The van der Waals surface area contributed by atoms with Gasteiger partial charge in [0.1, 0.15) is 5.82 Å². The molecular weight excluding hydrogens is 235 g/mol. The lowest BCUT2D eigenvalue weighted by Gasteiger charge is -2.05. The summed E-state index contributed by atoms with van der Waals surface area (Å²) >= 11 is 8.63. The molecule has 0 amide bonds. The molecule has 1 heterocycles. The lowest BCUT2D eigenvalue weighted by atomic mass is 10.1. The van der Waals surface area contributed by atoms with Crippen LogP contribution in [-0.2, 0) is 5.75 Å². The van der Waals surface area contributed by atoms with Crippen LogP contribution in [0.1, 0.15) is 18.1 Å². The summed E-state index contributed by atoms with van der Waals surface area (Å²) in [6.07, 6.45) is 0. The second kappa shape index (κ2) is 4.21. The van der Waals surface area contributed by atoms with Gasteiger partial charge in [-0.1, -0.05) is 19.1 Å². The van der Waals surface area contributed by atoms with Crippen LogP contribution in [-0.4, -0.2) is 9.95 Å². The van der Waals surface area contributed by atoms with Gasteiger partial charge >= 0.3 is 0 Å². The minimum Gasteiger partial charge on any atom is -0.207 e. The molecule has 0 aliphatic carbocycles. The molecule has 0 saturated carbocycles. The number of rotatable bonds is 2. The highest BCUT2D eigenvalue weighted by molar-refractivity contribution is 8.23. The van der Waals surface area contributed by atoms with Gasteiger partial charge in [0.05, 0.1) is 4.20 Å². The fraction of sp³-hybridized carbons (Fsp3) is 0.300. The predicted octanol–water partition coefficient (Wildman–Crippen LogP) is 3.86. The van der Waals surface area contributed by atoms with E-state index >= 15 is 0 Å². The summed E-state index contributed by atoms with van der Waals surface area (Å²) in [7, 11) is 0. The largest absolute Gasteiger partial charge is 0.207 e. The van der Waals surface area contributed by atoms with E-state index in [0.29, 0.717) is 0 Å². The summed E-state index contributed by atoms with van der Waals surface area (Å²) in [5.74, 6) is 1.69. The minimum atomic E-state index is -0.145. The highest BCUT2D eigenvalue weighted by Crippen LogP contribution is 2.39. The van der Waals surface area contributed by atoms with Crippen molar-refractivity contribution in [1.82, 2.24) is 0 Å². The van der Waals surface area contributed by atoms with Crippen molar-refractivity contribution >= 4 is 39.9 Å². The topological polar surface area (TPSA) is 0 Å². The summed E-state index contributed by atoms with van der Waals surface area (Å²) in [4.78, 5) is 1.01. The fourth-order valence-electron chi connectivity index (χ4n) is 1.45. The van der Waals surface area contributed by atoms with Crippen molar-refractivity contribution in [2.24, 2.45) is 0 Å². The highest BCUT2D eigenvalue weighted by Gasteiger charge is 2.21. The molecule has 4 heteroatoms. The molecular formula is C10H9FS3. The molecule has 74 valence electrons. The van der Waals surface area contributed by atoms with Crippen LogP contribution < -0.4 is 0 Å². The van der Waals surface area contributed by atoms with Gasteiger partial charge in [-0.15, -0.1) is 23.5 Å². The fourth-order valence-corrected chi connectivity index (χ4v) is 3.94. The van der Waals surface area contributed by atoms with E-state index in [4.69, 9.17) is 12.2 Å². The van der Waals surface area contributed by atoms with Crippen LogP contribution in [0.15, 0.2) is 17.0 Å². The molecule has 1 aliphatic rings. The molecule has 1 aliphatic heterocycles. The normalized spacial score (nSPS) is 13.3. The van der Waals surface area contributed by atoms with Gasteiger partial charge in [-0.2, -0.15) is 0 Å². The first-order valence-corrected chi connectivity index (χ1v) is 6.72. The quantitative estimate of drug-likeness (QED) is 0.725. The molecule has 0 spiro atoms. The third kappa shape index (κ3) is 1.83. The van der Waals surface area contributed by atoms with Crippen molar-refractivity contribution < 1.29 is 4.39 Å². The minimum absolute atomic E-state index is 0.145. The van der Waals surface area contributed by atoms with E-state index in [0.717, 1.165) is 31.7 Å². The summed E-state index contributed by atoms with van der Waals surface area (Å²) in [6, 6.07) is 3.18. The molecule has 1 aromatic carbocycles. The summed E-state index contributed by atoms with van der Waals surface area (Å²) in [5.41, 5.74) is 2.15. The van der Waals surface area contributed by atoms with E-state index in [-0.39, 0.29) is 5.82 Å². The molecule has 0 saturated heterocycles. The number of halogens is 1. The first-order chi connectivity index (χ1) is 6.72. The van der Waals surface area contributed by atoms with Crippen LogP contribution in [0.5, 0.6) is 0 Å². The van der Waals surface area contributed by atoms with Crippen LogP contribution in [0.4, 0.5) is 4.39 Å². The highest BCUT2D eigenvalue weighted by atomic mass is 32.2. The average Bonchev–Trinajstić information content (AvgIpc) is 2.39. The van der Waals surface area contributed by atoms with Crippen molar-refractivity contribution in [3.63, 3.8) is 0 Å². The second-order valence-electron chi connectivity index (χ2n) is 2.95. The molecule has 0 fully saturated rings. The zero-order valence-electron chi connectivity index (χ0n) is 7.67. The maximum absolute atomic E-state index is 13.0. The Labute approximate surface area is 96.7 Å². The van der Waals surface area contributed by atoms with Crippen LogP contribution in [0.2, 0.25) is 0 Å². The Hall–Kier alpha value is -0.0600. The number of benzene rings is 1. The van der Waals surface area contributed by atoms with Gasteiger partial charge in [-0.25, -0.2) is 4.39 Å². The van der Waals surface area contributed by atoms with E-state index in [1.165, 1.54) is 0 Å². The number of thioether (sulfide) groups is 2. The van der Waals surface area contributed by atoms with Crippen LogP contribution in [0, 0.1) is 5.82 Å². The van der Waals surface area contributed by atoms with E-state index in [9.17, 15) is 4.39 Å². The molecule has 0 N–H and O–H groups in total. The Balaban J connectivity index is 2.41. The Kier molecular flexibility index (Phi) is 3.14. The predicted molar refractivity (Wildman–Crippen MR) is 65.8 cm³/mol. The Bertz CT molecular complexity index is 362. The van der Waals surface area contributed by atoms with E-state index in [1.54, 1.807) is 35.7 Å². The zero-order valence-corrected chi connectivity index (χ0v) is 10.1. The van der Waals surface area contributed by atoms with Gasteiger partial charge < -0.3 is 0 Å². The van der Waals surface area contributed by atoms with E-state index in [2.05, 4.69) is 6.92 Å². The van der Waals surface area contributed by atoms with E-state index < -0.39 is 0 Å². The standard InChI is InChI=1S/C10H9FS3/c1-2-13-10(12)9-6-3-7(11)4-8(9)14-5-6/h3-4H,2,5H2,1H3. The van der Waals surface area contributed by atoms with Crippen LogP contribution in [0.25, 0.3) is 0 Å². The lowest BCUT2D eigenvalue weighted by Crippen LogP contribution is -1.96. The van der Waals surface area contributed by atoms with Crippen molar-refractivity contribution in [3.8, 4) is 0 Å². The maximum atomic E-state index is 13.0. The van der Waals surface area contributed by atoms with Gasteiger partial charge in [-0.3, -0.25) is 0 Å². The van der Waals surface area contributed by atoms with E-state index in [1.807, 2.05) is 0 Å².